The van der Waals surface area contributed by atoms with Crippen molar-refractivity contribution in [2.75, 3.05) is 34.0 Å². The summed E-state index contributed by atoms with van der Waals surface area (Å²) in [5.74, 6) is 2.43. The number of halogens is 1. The van der Waals surface area contributed by atoms with Crippen molar-refractivity contribution in [2.24, 2.45) is 5.10 Å². The van der Waals surface area contributed by atoms with Crippen LogP contribution in [0.1, 0.15) is 31.0 Å². The molecule has 0 radical (unpaired) electrons. The zero-order chi connectivity index (χ0) is 29.9. The Labute approximate surface area is 242 Å². The number of hydrazone groups is 1. The molecule has 0 fully saturated rings. The van der Waals surface area contributed by atoms with Crippen molar-refractivity contribution in [3.8, 4) is 35.3 Å². The fraction of sp³-hybridized carbons (Fsp3) is 0.286. The van der Waals surface area contributed by atoms with Crippen LogP contribution in [0.25, 0.3) is 0 Å². The maximum Gasteiger partial charge on any atom is 0.338 e. The second kappa shape index (κ2) is 14.5. The zero-order valence-electron chi connectivity index (χ0n) is 22.8. The van der Waals surface area contributed by atoms with Gasteiger partial charge in [-0.2, -0.15) is 5.10 Å². The molecule has 3 rings (SSSR count). The number of benzene rings is 2. The molecule has 41 heavy (non-hydrogen) atoms. The third-order valence-corrected chi connectivity index (χ3v) is 5.88. The molecule has 0 saturated carbocycles. The lowest BCUT2D eigenvalue weighted by Crippen LogP contribution is -2.45. The summed E-state index contributed by atoms with van der Waals surface area (Å²) >= 11 is 6.25. The number of terminal acetylenes is 1. The van der Waals surface area contributed by atoms with E-state index in [1.807, 2.05) is 0 Å². The second-order valence-corrected chi connectivity index (χ2v) is 8.72. The number of urea groups is 1. The lowest BCUT2D eigenvalue weighted by molar-refractivity contribution is -0.139. The monoisotopic (exact) mass is 584 g/mol. The Morgan fingerprint density at radius 3 is 2.59 bits per heavy atom. The average Bonchev–Trinajstić information content (AvgIpc) is 2.94. The van der Waals surface area contributed by atoms with Gasteiger partial charge in [-0.25, -0.2) is 15.0 Å². The summed E-state index contributed by atoms with van der Waals surface area (Å²) in [4.78, 5) is 37.0. The minimum absolute atomic E-state index is 0.0209. The normalized spacial score (nSPS) is 14.4. The Bertz CT molecular complexity index is 1420. The fourth-order valence-electron chi connectivity index (χ4n) is 3.83. The predicted molar refractivity (Wildman–Crippen MR) is 150 cm³/mol. The van der Waals surface area contributed by atoms with Gasteiger partial charge < -0.3 is 34.3 Å². The van der Waals surface area contributed by atoms with Crippen molar-refractivity contribution in [3.63, 3.8) is 0 Å². The Kier molecular flexibility index (Phi) is 10.8. The first kappa shape index (κ1) is 30.6. The van der Waals surface area contributed by atoms with Gasteiger partial charge >= 0.3 is 12.0 Å². The van der Waals surface area contributed by atoms with E-state index in [-0.39, 0.29) is 41.9 Å². The minimum Gasteiger partial charge on any atom is -0.493 e. The van der Waals surface area contributed by atoms with Crippen molar-refractivity contribution in [3.05, 3.63) is 57.8 Å². The van der Waals surface area contributed by atoms with Gasteiger partial charge in [0.2, 0.25) is 0 Å². The Hall–Kier alpha value is -4.89. The van der Waals surface area contributed by atoms with E-state index in [2.05, 4.69) is 27.1 Å². The molecule has 1 aliphatic rings. The molecule has 2 aromatic rings. The van der Waals surface area contributed by atoms with Crippen LogP contribution in [0.3, 0.4) is 0 Å². The number of allylic oxidation sites excluding steroid dienone is 1. The van der Waals surface area contributed by atoms with Crippen LogP contribution in [-0.2, 0) is 14.3 Å². The molecular weight excluding hydrogens is 556 g/mol. The van der Waals surface area contributed by atoms with Gasteiger partial charge in [0.1, 0.15) is 6.61 Å². The summed E-state index contributed by atoms with van der Waals surface area (Å²) in [5, 5.41) is 9.47. The van der Waals surface area contributed by atoms with Crippen LogP contribution in [0.5, 0.6) is 23.0 Å². The Morgan fingerprint density at radius 2 is 1.90 bits per heavy atom. The molecule has 0 spiro atoms. The van der Waals surface area contributed by atoms with Gasteiger partial charge in [-0.3, -0.25) is 4.79 Å². The highest BCUT2D eigenvalue weighted by Gasteiger charge is 2.32. The van der Waals surface area contributed by atoms with Gasteiger partial charge in [0.05, 0.1) is 43.7 Å². The summed E-state index contributed by atoms with van der Waals surface area (Å²) in [5.41, 5.74) is 4.08. The van der Waals surface area contributed by atoms with E-state index < -0.39 is 23.9 Å². The first-order valence-corrected chi connectivity index (χ1v) is 12.6. The first-order valence-electron chi connectivity index (χ1n) is 12.2. The molecule has 3 N–H and O–H groups in total. The molecule has 12 nitrogen and oxygen atoms in total. The highest BCUT2D eigenvalue weighted by Crippen LogP contribution is 2.36. The molecule has 0 unspecified atom stereocenters. The van der Waals surface area contributed by atoms with Gasteiger partial charge in [-0.1, -0.05) is 23.6 Å². The van der Waals surface area contributed by atoms with Gasteiger partial charge in [0.25, 0.3) is 5.91 Å². The number of carbonyl (C=O) groups is 3. The number of ether oxygens (including phenoxy) is 5. The van der Waals surface area contributed by atoms with E-state index in [9.17, 15) is 14.4 Å². The van der Waals surface area contributed by atoms with Crippen LogP contribution in [0.2, 0.25) is 5.02 Å². The molecule has 0 saturated heterocycles. The number of rotatable bonds is 12. The van der Waals surface area contributed by atoms with Crippen molar-refractivity contribution >= 4 is 35.7 Å². The molecule has 13 heteroatoms. The van der Waals surface area contributed by atoms with Crippen LogP contribution in [0.4, 0.5) is 4.79 Å². The van der Waals surface area contributed by atoms with Crippen molar-refractivity contribution in [1.82, 2.24) is 16.1 Å². The van der Waals surface area contributed by atoms with Crippen LogP contribution in [0, 0.1) is 12.3 Å². The van der Waals surface area contributed by atoms with Gasteiger partial charge in [-0.05, 0) is 49.2 Å². The van der Waals surface area contributed by atoms with Gasteiger partial charge in [0.15, 0.2) is 29.6 Å². The van der Waals surface area contributed by atoms with E-state index in [1.165, 1.54) is 20.4 Å². The van der Waals surface area contributed by atoms with Crippen LogP contribution in [-0.4, -0.2) is 58.2 Å². The molecular formula is C28H29ClN4O8. The van der Waals surface area contributed by atoms with Gasteiger partial charge in [-0.15, -0.1) is 6.42 Å². The van der Waals surface area contributed by atoms with Gasteiger partial charge in [0, 0.05) is 5.70 Å². The lowest BCUT2D eigenvalue weighted by Gasteiger charge is -2.28. The largest absolute Gasteiger partial charge is 0.493 e. The smallest absolute Gasteiger partial charge is 0.338 e. The highest BCUT2D eigenvalue weighted by molar-refractivity contribution is 6.32. The number of carbonyl (C=O) groups excluding carboxylic acids is 3. The number of esters is 1. The third-order valence-electron chi connectivity index (χ3n) is 5.60. The predicted octanol–water partition coefficient (Wildman–Crippen LogP) is 3.09. The summed E-state index contributed by atoms with van der Waals surface area (Å²) in [6.45, 7) is 3.12. The summed E-state index contributed by atoms with van der Waals surface area (Å²) in [7, 11) is 2.88. The molecule has 0 aliphatic carbocycles. The number of hydrogen-bond donors (Lipinski definition) is 3. The van der Waals surface area contributed by atoms with Crippen LogP contribution in [0.15, 0.2) is 46.7 Å². The number of amides is 3. The standard InChI is InChI=1S/C28H29ClN4O8/c1-6-10-40-26-19(29)11-17(12-22(26)38-5)14-30-33-23(34)15-41-20-9-8-18(13-21(20)37-4)25-24(27(35)39-7-2)16(3)31-28(36)32-25/h1,8-9,11-14,25H,7,10,15H2,2-5H3,(H,33,34)(H2,31,32,36)/b30-14-/t25-/m1/s1. The van der Waals surface area contributed by atoms with E-state index >= 15 is 0 Å². The van der Waals surface area contributed by atoms with E-state index in [4.69, 9.17) is 41.7 Å². The molecule has 1 heterocycles. The summed E-state index contributed by atoms with van der Waals surface area (Å²) < 4.78 is 26.9. The molecule has 0 aromatic heterocycles. The van der Waals surface area contributed by atoms with E-state index in [0.717, 1.165) is 0 Å². The van der Waals surface area contributed by atoms with Crippen molar-refractivity contribution in [2.45, 2.75) is 19.9 Å². The van der Waals surface area contributed by atoms with E-state index in [0.29, 0.717) is 28.3 Å². The number of nitrogens with zero attached hydrogens (tertiary/aromatic N) is 1. The first-order chi connectivity index (χ1) is 19.7. The molecule has 2 aromatic carbocycles. The molecule has 216 valence electrons. The molecule has 1 atom stereocenters. The average molecular weight is 585 g/mol. The van der Waals surface area contributed by atoms with E-state index in [1.54, 1.807) is 44.2 Å². The number of methoxy groups -OCH3 is 2. The molecule has 0 bridgehead atoms. The summed E-state index contributed by atoms with van der Waals surface area (Å²) in [6.07, 6.45) is 6.59. The summed E-state index contributed by atoms with van der Waals surface area (Å²) in [6, 6.07) is 6.75. The SMILES string of the molecule is C#CCOc1c(Cl)cc(/C=N\NC(=O)COc2ccc([C@H]3NC(=O)NC(C)=C3C(=O)OCC)cc2OC)cc1OC. The zero-order valence-corrected chi connectivity index (χ0v) is 23.6. The second-order valence-electron chi connectivity index (χ2n) is 8.31. The Morgan fingerprint density at radius 1 is 1.15 bits per heavy atom. The number of nitrogens with one attached hydrogen (secondary N) is 3. The number of hydrogen-bond acceptors (Lipinski definition) is 9. The molecule has 3 amide bonds. The molecule has 1 aliphatic heterocycles. The maximum absolute atomic E-state index is 12.6. The fourth-order valence-corrected chi connectivity index (χ4v) is 4.10. The lowest BCUT2D eigenvalue weighted by atomic mass is 9.95. The Balaban J connectivity index is 1.67. The topological polar surface area (TPSA) is 146 Å². The van der Waals surface area contributed by atoms with Crippen LogP contribution < -0.4 is 35.0 Å². The minimum atomic E-state index is -0.784. The quantitative estimate of drug-likeness (QED) is 0.149. The van der Waals surface area contributed by atoms with Crippen molar-refractivity contribution in [1.29, 1.82) is 0 Å². The van der Waals surface area contributed by atoms with Crippen LogP contribution >= 0.6 is 11.6 Å². The third kappa shape index (κ3) is 7.83. The van der Waals surface area contributed by atoms with Crippen molar-refractivity contribution < 1.29 is 38.1 Å². The maximum atomic E-state index is 12.6. The highest BCUT2D eigenvalue weighted by atomic mass is 35.5.